The highest BCUT2D eigenvalue weighted by molar-refractivity contribution is 5.79. The Balaban J connectivity index is 2.12. The smallest absolute Gasteiger partial charge is 0.312 e. The van der Waals surface area contributed by atoms with Crippen molar-refractivity contribution < 1.29 is 19.7 Å². The van der Waals surface area contributed by atoms with E-state index in [1.54, 1.807) is 24.3 Å². The van der Waals surface area contributed by atoms with Crippen LogP contribution >= 0.6 is 0 Å². The van der Waals surface area contributed by atoms with E-state index in [-0.39, 0.29) is 6.10 Å². The SMILES string of the molecule is CC(C)Oc1ccc(C(O)C2(C(=O)O)CC2)cc1. The zero-order valence-corrected chi connectivity index (χ0v) is 10.6. The van der Waals surface area contributed by atoms with E-state index in [1.165, 1.54) is 0 Å². The van der Waals surface area contributed by atoms with Crippen LogP contribution in [0.15, 0.2) is 24.3 Å². The van der Waals surface area contributed by atoms with E-state index in [0.717, 1.165) is 5.75 Å². The average Bonchev–Trinajstić information content (AvgIpc) is 3.09. The number of carboxylic acid groups (broad SMARTS) is 1. The summed E-state index contributed by atoms with van der Waals surface area (Å²) in [6.07, 6.45) is 0.222. The van der Waals surface area contributed by atoms with E-state index < -0.39 is 17.5 Å². The quantitative estimate of drug-likeness (QED) is 0.842. The number of carboxylic acids is 1. The van der Waals surface area contributed by atoms with Crippen molar-refractivity contribution in [2.24, 2.45) is 5.41 Å². The van der Waals surface area contributed by atoms with Gasteiger partial charge in [-0.2, -0.15) is 0 Å². The molecule has 0 spiro atoms. The van der Waals surface area contributed by atoms with Gasteiger partial charge in [0.2, 0.25) is 0 Å². The first-order valence-electron chi connectivity index (χ1n) is 6.14. The molecule has 1 aliphatic rings. The molecule has 1 fully saturated rings. The first-order chi connectivity index (χ1) is 8.45. The molecule has 18 heavy (non-hydrogen) atoms. The Morgan fingerprint density at radius 3 is 2.22 bits per heavy atom. The lowest BCUT2D eigenvalue weighted by Crippen LogP contribution is -2.23. The van der Waals surface area contributed by atoms with Gasteiger partial charge in [0.15, 0.2) is 0 Å². The maximum absolute atomic E-state index is 11.1. The zero-order chi connectivity index (χ0) is 13.3. The fraction of sp³-hybridized carbons (Fsp3) is 0.500. The molecule has 0 aliphatic heterocycles. The van der Waals surface area contributed by atoms with E-state index in [9.17, 15) is 9.90 Å². The van der Waals surface area contributed by atoms with Crippen LogP contribution in [0.3, 0.4) is 0 Å². The van der Waals surface area contributed by atoms with Crippen LogP contribution in [0.4, 0.5) is 0 Å². The van der Waals surface area contributed by atoms with Crippen molar-refractivity contribution >= 4 is 5.97 Å². The minimum absolute atomic E-state index is 0.0922. The number of aliphatic hydroxyl groups is 1. The van der Waals surface area contributed by atoms with Crippen LogP contribution in [-0.2, 0) is 4.79 Å². The molecule has 0 radical (unpaired) electrons. The molecule has 0 bridgehead atoms. The largest absolute Gasteiger partial charge is 0.491 e. The van der Waals surface area contributed by atoms with Crippen LogP contribution in [0.2, 0.25) is 0 Å². The van der Waals surface area contributed by atoms with Crippen molar-refractivity contribution in [3.8, 4) is 5.75 Å². The summed E-state index contributed by atoms with van der Waals surface area (Å²) in [5.41, 5.74) is -0.341. The third-order valence-electron chi connectivity index (χ3n) is 3.31. The third kappa shape index (κ3) is 2.34. The van der Waals surface area contributed by atoms with Crippen molar-refractivity contribution in [3.05, 3.63) is 29.8 Å². The molecule has 98 valence electrons. The maximum atomic E-state index is 11.1. The van der Waals surface area contributed by atoms with Crippen LogP contribution in [0.1, 0.15) is 38.4 Å². The number of aliphatic hydroxyl groups excluding tert-OH is 1. The van der Waals surface area contributed by atoms with Crippen LogP contribution in [0, 0.1) is 5.41 Å². The van der Waals surface area contributed by atoms with Crippen LogP contribution < -0.4 is 4.74 Å². The van der Waals surface area contributed by atoms with Gasteiger partial charge >= 0.3 is 5.97 Å². The summed E-state index contributed by atoms with van der Waals surface area (Å²) >= 11 is 0. The van der Waals surface area contributed by atoms with Gasteiger partial charge in [-0.15, -0.1) is 0 Å². The molecule has 0 aromatic heterocycles. The van der Waals surface area contributed by atoms with Crippen molar-refractivity contribution in [1.82, 2.24) is 0 Å². The molecular formula is C14H18O4. The third-order valence-corrected chi connectivity index (χ3v) is 3.31. The van der Waals surface area contributed by atoms with Crippen LogP contribution in [0.5, 0.6) is 5.75 Å². The number of hydrogen-bond acceptors (Lipinski definition) is 3. The first kappa shape index (κ1) is 12.9. The molecule has 0 heterocycles. The summed E-state index contributed by atoms with van der Waals surface area (Å²) in [4.78, 5) is 11.1. The van der Waals surface area contributed by atoms with Crippen LogP contribution in [-0.4, -0.2) is 22.3 Å². The van der Waals surface area contributed by atoms with Crippen molar-refractivity contribution in [1.29, 1.82) is 0 Å². The highest BCUT2D eigenvalue weighted by Gasteiger charge is 2.56. The Hall–Kier alpha value is -1.55. The lowest BCUT2D eigenvalue weighted by molar-refractivity contribution is -0.148. The Bertz CT molecular complexity index is 432. The molecule has 1 atom stereocenters. The predicted molar refractivity (Wildman–Crippen MR) is 66.5 cm³/mol. The van der Waals surface area contributed by atoms with E-state index in [4.69, 9.17) is 9.84 Å². The van der Waals surface area contributed by atoms with Gasteiger partial charge in [0.05, 0.1) is 17.6 Å². The van der Waals surface area contributed by atoms with Gasteiger partial charge in [-0.3, -0.25) is 4.79 Å². The molecule has 1 aliphatic carbocycles. The molecule has 4 nitrogen and oxygen atoms in total. The maximum Gasteiger partial charge on any atom is 0.312 e. The van der Waals surface area contributed by atoms with Gasteiger partial charge in [0, 0.05) is 0 Å². The van der Waals surface area contributed by atoms with Crippen molar-refractivity contribution in [3.63, 3.8) is 0 Å². The first-order valence-corrected chi connectivity index (χ1v) is 6.14. The Kier molecular flexibility index (Phi) is 3.30. The normalized spacial score (nSPS) is 18.4. The number of ether oxygens (including phenoxy) is 1. The number of rotatable bonds is 5. The molecule has 1 saturated carbocycles. The summed E-state index contributed by atoms with van der Waals surface area (Å²) in [7, 11) is 0. The number of benzene rings is 1. The fourth-order valence-electron chi connectivity index (χ4n) is 2.06. The monoisotopic (exact) mass is 250 g/mol. The molecule has 2 rings (SSSR count). The summed E-state index contributed by atoms with van der Waals surface area (Å²) in [6, 6.07) is 6.98. The lowest BCUT2D eigenvalue weighted by Gasteiger charge is -2.19. The van der Waals surface area contributed by atoms with E-state index >= 15 is 0 Å². The summed E-state index contributed by atoms with van der Waals surface area (Å²) in [5.74, 6) is -0.196. The molecule has 2 N–H and O–H groups in total. The summed E-state index contributed by atoms with van der Waals surface area (Å²) in [5, 5.41) is 19.3. The molecule has 4 heteroatoms. The average molecular weight is 250 g/mol. The Labute approximate surface area is 106 Å². The van der Waals surface area contributed by atoms with Gasteiger partial charge < -0.3 is 14.9 Å². The molecule has 1 aromatic rings. The number of aliphatic carboxylic acids is 1. The Morgan fingerprint density at radius 1 is 1.28 bits per heavy atom. The molecule has 0 saturated heterocycles. The Morgan fingerprint density at radius 2 is 1.83 bits per heavy atom. The standard InChI is InChI=1S/C14H18O4/c1-9(2)18-11-5-3-10(4-6-11)12(15)14(7-8-14)13(16)17/h3-6,9,12,15H,7-8H2,1-2H3,(H,16,17). The second kappa shape index (κ2) is 4.61. The predicted octanol–water partition coefficient (Wildman–Crippen LogP) is 2.37. The summed E-state index contributed by atoms with van der Waals surface area (Å²) in [6.45, 7) is 3.87. The van der Waals surface area contributed by atoms with Crippen molar-refractivity contribution in [2.75, 3.05) is 0 Å². The second-order valence-electron chi connectivity index (χ2n) is 5.10. The highest BCUT2D eigenvalue weighted by atomic mass is 16.5. The second-order valence-corrected chi connectivity index (χ2v) is 5.10. The molecule has 1 unspecified atom stereocenters. The van der Waals surface area contributed by atoms with Gasteiger partial charge in [-0.25, -0.2) is 0 Å². The van der Waals surface area contributed by atoms with E-state index in [0.29, 0.717) is 18.4 Å². The van der Waals surface area contributed by atoms with E-state index in [2.05, 4.69) is 0 Å². The minimum atomic E-state index is -0.972. The van der Waals surface area contributed by atoms with Gasteiger partial charge in [-0.1, -0.05) is 12.1 Å². The highest BCUT2D eigenvalue weighted by Crippen LogP contribution is 2.55. The topological polar surface area (TPSA) is 66.8 Å². The minimum Gasteiger partial charge on any atom is -0.491 e. The number of carbonyl (C=O) groups is 1. The van der Waals surface area contributed by atoms with Crippen molar-refractivity contribution in [2.45, 2.75) is 38.9 Å². The summed E-state index contributed by atoms with van der Waals surface area (Å²) < 4.78 is 5.50. The molecule has 1 aromatic carbocycles. The molecular weight excluding hydrogens is 232 g/mol. The fourth-order valence-corrected chi connectivity index (χ4v) is 2.06. The number of hydrogen-bond donors (Lipinski definition) is 2. The van der Waals surface area contributed by atoms with E-state index in [1.807, 2.05) is 13.8 Å². The van der Waals surface area contributed by atoms with Gasteiger partial charge in [-0.05, 0) is 44.4 Å². The van der Waals surface area contributed by atoms with Gasteiger partial charge in [0.1, 0.15) is 5.75 Å². The van der Waals surface area contributed by atoms with Gasteiger partial charge in [0.25, 0.3) is 0 Å². The molecule has 0 amide bonds. The lowest BCUT2D eigenvalue weighted by atomic mass is 9.93. The van der Waals surface area contributed by atoms with Crippen LogP contribution in [0.25, 0.3) is 0 Å². The zero-order valence-electron chi connectivity index (χ0n) is 10.6.